The third-order valence-electron chi connectivity index (χ3n) is 4.00. The molecule has 1 unspecified atom stereocenters. The van der Waals surface area contributed by atoms with Crippen molar-refractivity contribution in [3.05, 3.63) is 64.9 Å². The summed E-state index contributed by atoms with van der Waals surface area (Å²) in [7, 11) is 0. The van der Waals surface area contributed by atoms with Gasteiger partial charge in [0.1, 0.15) is 0 Å². The number of aromatic nitrogens is 1. The Morgan fingerprint density at radius 2 is 2.12 bits per heavy atom. The highest BCUT2D eigenvalue weighted by Crippen LogP contribution is 2.25. The van der Waals surface area contributed by atoms with Crippen LogP contribution in [0.15, 0.2) is 48.7 Å². The largest absolute Gasteiger partial charge is 0.332 e. The van der Waals surface area contributed by atoms with Crippen LogP contribution in [0.1, 0.15) is 17.3 Å². The zero-order valence-corrected chi connectivity index (χ0v) is 17.3. The van der Waals surface area contributed by atoms with Crippen molar-refractivity contribution in [1.29, 1.82) is 0 Å². The van der Waals surface area contributed by atoms with Crippen LogP contribution in [0.25, 0.3) is 0 Å². The minimum absolute atomic E-state index is 0. The molecular formula is C18H22Cl3N3OS. The molecule has 0 aliphatic carbocycles. The van der Waals surface area contributed by atoms with Crippen LogP contribution in [0.5, 0.6) is 0 Å². The molecule has 2 aromatic rings. The first-order valence-corrected chi connectivity index (χ1v) is 9.50. The van der Waals surface area contributed by atoms with E-state index in [4.69, 9.17) is 11.6 Å². The molecule has 1 aliphatic heterocycles. The Balaban J connectivity index is 0.00000169. The molecule has 1 atom stereocenters. The van der Waals surface area contributed by atoms with E-state index >= 15 is 0 Å². The van der Waals surface area contributed by atoms with Crippen LogP contribution < -0.4 is 5.32 Å². The van der Waals surface area contributed by atoms with E-state index in [-0.39, 0.29) is 36.8 Å². The van der Waals surface area contributed by atoms with E-state index in [1.165, 1.54) is 0 Å². The lowest BCUT2D eigenvalue weighted by molar-refractivity contribution is -0.131. The molecule has 0 saturated carbocycles. The van der Waals surface area contributed by atoms with Gasteiger partial charge in [0.15, 0.2) is 0 Å². The Bertz CT molecular complexity index is 690. The number of carbonyl (C=O) groups excluding carboxylic acids is 1. The van der Waals surface area contributed by atoms with E-state index in [2.05, 4.69) is 10.3 Å². The summed E-state index contributed by atoms with van der Waals surface area (Å²) in [6.07, 6.45) is 1.78. The number of hydrogen-bond acceptors (Lipinski definition) is 4. The number of piperazine rings is 1. The molecule has 2 heterocycles. The van der Waals surface area contributed by atoms with Crippen LogP contribution in [-0.4, -0.2) is 41.2 Å². The summed E-state index contributed by atoms with van der Waals surface area (Å²) >= 11 is 7.72. The molecule has 1 aromatic heterocycles. The maximum Gasteiger partial charge on any atom is 0.233 e. The number of halogens is 3. The van der Waals surface area contributed by atoms with Crippen LogP contribution >= 0.6 is 48.2 Å². The lowest BCUT2D eigenvalue weighted by atomic mass is 10.0. The van der Waals surface area contributed by atoms with Gasteiger partial charge in [-0.05, 0) is 29.8 Å². The summed E-state index contributed by atoms with van der Waals surface area (Å²) in [5.74, 6) is 1.39. The van der Waals surface area contributed by atoms with Gasteiger partial charge in [0.25, 0.3) is 0 Å². The number of nitrogens with one attached hydrogen (secondary N) is 1. The summed E-state index contributed by atoms with van der Waals surface area (Å²) in [5, 5.41) is 4.07. The number of hydrogen-bond donors (Lipinski definition) is 1. The van der Waals surface area contributed by atoms with Gasteiger partial charge in [-0.3, -0.25) is 9.78 Å². The zero-order chi connectivity index (χ0) is 16.8. The first kappa shape index (κ1) is 23.1. The minimum atomic E-state index is 0. The van der Waals surface area contributed by atoms with Gasteiger partial charge in [0.05, 0.1) is 17.5 Å². The molecule has 1 aliphatic rings. The Morgan fingerprint density at radius 3 is 2.85 bits per heavy atom. The summed E-state index contributed by atoms with van der Waals surface area (Å²) in [5.41, 5.74) is 2.08. The number of rotatable bonds is 5. The van der Waals surface area contributed by atoms with Crippen LogP contribution in [0, 0.1) is 0 Å². The van der Waals surface area contributed by atoms with Gasteiger partial charge in [-0.2, -0.15) is 0 Å². The highest BCUT2D eigenvalue weighted by Gasteiger charge is 2.27. The number of thioether (sulfide) groups is 1. The molecule has 1 N–H and O–H groups in total. The molecule has 0 radical (unpaired) electrons. The van der Waals surface area contributed by atoms with E-state index in [1.807, 2.05) is 47.4 Å². The fourth-order valence-corrected chi connectivity index (χ4v) is 3.84. The third-order valence-corrected chi connectivity index (χ3v) is 5.18. The van der Waals surface area contributed by atoms with Gasteiger partial charge >= 0.3 is 0 Å². The van der Waals surface area contributed by atoms with Gasteiger partial charge in [0, 0.05) is 36.6 Å². The second-order valence-electron chi connectivity index (χ2n) is 5.68. The number of amides is 1. The number of pyridine rings is 1. The van der Waals surface area contributed by atoms with Gasteiger partial charge in [-0.25, -0.2) is 0 Å². The van der Waals surface area contributed by atoms with Crippen molar-refractivity contribution in [2.24, 2.45) is 0 Å². The average molecular weight is 435 g/mol. The minimum Gasteiger partial charge on any atom is -0.332 e. The molecule has 0 spiro atoms. The standard InChI is InChI=1S/C18H20ClN3OS.2ClH/c19-15-5-3-4-14(10-15)17-11-20-8-9-22(17)18(23)13-24-12-16-6-1-2-7-21-16;;/h1-7,10,17,20H,8-9,11-13H2;2*1H. The molecule has 26 heavy (non-hydrogen) atoms. The van der Waals surface area contributed by atoms with Crippen molar-refractivity contribution in [2.45, 2.75) is 11.8 Å². The zero-order valence-electron chi connectivity index (χ0n) is 14.1. The lowest BCUT2D eigenvalue weighted by Crippen LogP contribution is -2.49. The summed E-state index contributed by atoms with van der Waals surface area (Å²) in [4.78, 5) is 18.9. The van der Waals surface area contributed by atoms with Crippen molar-refractivity contribution in [3.63, 3.8) is 0 Å². The molecule has 4 nitrogen and oxygen atoms in total. The Hall–Kier alpha value is -0.980. The molecular weight excluding hydrogens is 413 g/mol. The summed E-state index contributed by atoms with van der Waals surface area (Å²) in [6, 6.07) is 13.7. The SMILES string of the molecule is Cl.Cl.O=C(CSCc1ccccn1)N1CCNCC1c1cccc(Cl)c1. The van der Waals surface area contributed by atoms with E-state index in [9.17, 15) is 4.79 Å². The number of benzene rings is 1. The molecule has 0 bridgehead atoms. The normalized spacial score (nSPS) is 16.3. The Morgan fingerprint density at radius 1 is 1.27 bits per heavy atom. The van der Waals surface area contributed by atoms with Gasteiger partial charge in [-0.1, -0.05) is 29.8 Å². The van der Waals surface area contributed by atoms with E-state index in [1.54, 1.807) is 18.0 Å². The summed E-state index contributed by atoms with van der Waals surface area (Å²) < 4.78 is 0. The molecule has 142 valence electrons. The quantitative estimate of drug-likeness (QED) is 0.773. The van der Waals surface area contributed by atoms with E-state index < -0.39 is 0 Å². The second kappa shape index (κ2) is 11.7. The molecule has 1 aromatic carbocycles. The predicted molar refractivity (Wildman–Crippen MR) is 114 cm³/mol. The topological polar surface area (TPSA) is 45.2 Å². The maximum absolute atomic E-state index is 12.7. The summed E-state index contributed by atoms with van der Waals surface area (Å²) in [6.45, 7) is 2.31. The first-order chi connectivity index (χ1) is 11.7. The highest BCUT2D eigenvalue weighted by molar-refractivity contribution is 7.99. The number of carbonyl (C=O) groups is 1. The fourth-order valence-electron chi connectivity index (χ4n) is 2.82. The second-order valence-corrected chi connectivity index (χ2v) is 7.10. The monoisotopic (exact) mass is 433 g/mol. The first-order valence-electron chi connectivity index (χ1n) is 7.97. The molecule has 1 saturated heterocycles. The van der Waals surface area contributed by atoms with Gasteiger partial charge in [0.2, 0.25) is 5.91 Å². The highest BCUT2D eigenvalue weighted by atomic mass is 35.5. The van der Waals surface area contributed by atoms with Crippen LogP contribution in [0.2, 0.25) is 5.02 Å². The average Bonchev–Trinajstić information content (AvgIpc) is 2.62. The van der Waals surface area contributed by atoms with Crippen LogP contribution in [-0.2, 0) is 10.5 Å². The smallest absolute Gasteiger partial charge is 0.233 e. The van der Waals surface area contributed by atoms with Crippen molar-refractivity contribution < 1.29 is 4.79 Å². The van der Waals surface area contributed by atoms with Crippen molar-refractivity contribution >= 4 is 54.1 Å². The number of nitrogens with zero attached hydrogens (tertiary/aromatic N) is 2. The predicted octanol–water partition coefficient (Wildman–Crippen LogP) is 3.98. The maximum atomic E-state index is 12.7. The molecule has 1 amide bonds. The Labute approximate surface area is 175 Å². The molecule has 8 heteroatoms. The van der Waals surface area contributed by atoms with Crippen LogP contribution in [0.3, 0.4) is 0 Å². The lowest BCUT2D eigenvalue weighted by Gasteiger charge is -2.36. The van der Waals surface area contributed by atoms with Gasteiger partial charge < -0.3 is 10.2 Å². The third kappa shape index (κ3) is 6.32. The fraction of sp³-hybridized carbons (Fsp3) is 0.333. The molecule has 3 rings (SSSR count). The van der Waals surface area contributed by atoms with Crippen molar-refractivity contribution in [3.8, 4) is 0 Å². The van der Waals surface area contributed by atoms with Crippen molar-refractivity contribution in [2.75, 3.05) is 25.4 Å². The Kier molecular flexibility index (Phi) is 10.4. The van der Waals surface area contributed by atoms with Gasteiger partial charge in [-0.15, -0.1) is 36.6 Å². The van der Waals surface area contributed by atoms with Crippen LogP contribution in [0.4, 0.5) is 0 Å². The molecule has 1 fully saturated rings. The van der Waals surface area contributed by atoms with Crippen molar-refractivity contribution in [1.82, 2.24) is 15.2 Å². The van der Waals surface area contributed by atoms with E-state index in [0.29, 0.717) is 10.8 Å². The van der Waals surface area contributed by atoms with E-state index in [0.717, 1.165) is 36.6 Å².